The summed E-state index contributed by atoms with van der Waals surface area (Å²) in [5, 5.41) is 4.24. The summed E-state index contributed by atoms with van der Waals surface area (Å²) in [5.74, 6) is 0.183. The second-order valence-electron chi connectivity index (χ2n) is 19.0. The number of benzene rings is 6. The number of furan rings is 1. The molecule has 0 bridgehead atoms. The molecule has 11 rings (SSSR count). The average molecular weight is 1110 g/mol. The van der Waals surface area contributed by atoms with Gasteiger partial charge in [-0.2, -0.15) is 0 Å². The summed E-state index contributed by atoms with van der Waals surface area (Å²) in [6.45, 7) is 15.3. The molecule has 0 aliphatic heterocycles. The van der Waals surface area contributed by atoms with E-state index in [2.05, 4.69) is 130 Å². The second-order valence-corrected chi connectivity index (χ2v) is 24.1. The third kappa shape index (κ3) is 8.82. The van der Waals surface area contributed by atoms with Crippen molar-refractivity contribution < 1.29 is 37.4 Å². The number of fused-ring (bicyclic) bond motifs is 7. The fourth-order valence-corrected chi connectivity index (χ4v) is 10.0. The van der Waals surface area contributed by atoms with Gasteiger partial charge in [0.25, 0.3) is 0 Å². The summed E-state index contributed by atoms with van der Waals surface area (Å²) in [6.07, 6.45) is 1.77. The monoisotopic (exact) mass is 1110 g/mol. The van der Waals surface area contributed by atoms with E-state index in [0.717, 1.165) is 50.2 Å². The average Bonchev–Trinajstić information content (AvgIpc) is 3.91. The van der Waals surface area contributed by atoms with Gasteiger partial charge in [-0.3, -0.25) is 14.4 Å². The summed E-state index contributed by atoms with van der Waals surface area (Å²) < 4.78 is 59.7. The number of hydrogen-bond acceptors (Lipinski definition) is 5. The van der Waals surface area contributed by atoms with Crippen molar-refractivity contribution in [3.8, 4) is 39.5 Å². The summed E-state index contributed by atoms with van der Waals surface area (Å²) in [7, 11) is -1.45. The van der Waals surface area contributed by atoms with Crippen LogP contribution in [0.1, 0.15) is 66.0 Å². The van der Waals surface area contributed by atoms with Gasteiger partial charge in [0.15, 0.2) is 0 Å². The number of rotatable bonds is 7. The quantitative estimate of drug-likeness (QED) is 0.117. The summed E-state index contributed by atoms with van der Waals surface area (Å²) in [6, 6.07) is 46.5. The molecule has 5 aromatic heterocycles. The van der Waals surface area contributed by atoms with Crippen LogP contribution >= 0.6 is 0 Å². The maximum absolute atomic E-state index is 14.9. The molecule has 0 N–H and O–H groups in total. The maximum atomic E-state index is 14.9. The van der Waals surface area contributed by atoms with Crippen LogP contribution in [0.15, 0.2) is 138 Å². The van der Waals surface area contributed by atoms with Gasteiger partial charge < -0.3 is 14.0 Å². The van der Waals surface area contributed by atoms with E-state index < -0.39 is 20.7 Å². The van der Waals surface area contributed by atoms with Crippen LogP contribution in [0.4, 0.5) is 8.78 Å². The molecule has 0 saturated heterocycles. The number of hydrogen-bond donors (Lipinski definition) is 0. The van der Waals surface area contributed by atoms with E-state index in [-0.39, 0.29) is 48.9 Å². The maximum Gasteiger partial charge on any atom is 0.216 e. The molecule has 0 amide bonds. The van der Waals surface area contributed by atoms with Crippen molar-refractivity contribution in [1.29, 1.82) is 0 Å². The Balaban J connectivity index is 0.000000245. The minimum Gasteiger partial charge on any atom is -0.486 e. The van der Waals surface area contributed by atoms with E-state index in [9.17, 15) is 8.78 Å². The van der Waals surface area contributed by atoms with E-state index in [0.29, 0.717) is 39.3 Å². The van der Waals surface area contributed by atoms with Gasteiger partial charge in [0.05, 0.1) is 41.5 Å². The molecule has 0 fully saturated rings. The zero-order valence-electron chi connectivity index (χ0n) is 42.6. The predicted octanol–water partition coefficient (Wildman–Crippen LogP) is 15.4. The third-order valence-electron chi connectivity index (χ3n) is 12.6. The molecule has 0 atom stereocenters. The molecule has 5 heterocycles. The Bertz CT molecular complexity index is 3820. The predicted molar refractivity (Wildman–Crippen MR) is 278 cm³/mol. The molecule has 0 aliphatic carbocycles. The Kier molecular flexibility index (Phi) is 11.8. The third-order valence-corrected chi connectivity index (χ3v) is 14.6. The van der Waals surface area contributed by atoms with Crippen molar-refractivity contribution in [2.24, 2.45) is 0 Å². The van der Waals surface area contributed by atoms with Crippen molar-refractivity contribution in [2.75, 3.05) is 0 Å². The van der Waals surface area contributed by atoms with Crippen molar-refractivity contribution in [3.63, 3.8) is 0 Å². The minimum atomic E-state index is -2.33. The molecule has 11 aromatic rings. The van der Waals surface area contributed by atoms with Crippen LogP contribution in [0.2, 0.25) is 19.6 Å². The van der Waals surface area contributed by atoms with Crippen LogP contribution in [-0.4, -0.2) is 32.6 Å². The molecule has 0 spiro atoms. The van der Waals surface area contributed by atoms with Gasteiger partial charge in [-0.15, -0.1) is 42.0 Å². The van der Waals surface area contributed by atoms with Gasteiger partial charge in [-0.05, 0) is 106 Å². The van der Waals surface area contributed by atoms with Crippen LogP contribution in [0.5, 0.6) is 0 Å². The van der Waals surface area contributed by atoms with Gasteiger partial charge in [0.2, 0.25) is 5.71 Å². The first-order valence-electron chi connectivity index (χ1n) is 24.4. The van der Waals surface area contributed by atoms with Crippen molar-refractivity contribution >= 4 is 68.2 Å². The van der Waals surface area contributed by atoms with E-state index in [1.807, 2.05) is 37.3 Å². The number of imidazole rings is 1. The summed E-state index contributed by atoms with van der Waals surface area (Å²) in [5.41, 5.74) is 12.5. The van der Waals surface area contributed by atoms with Crippen LogP contribution in [0, 0.1) is 37.5 Å². The summed E-state index contributed by atoms with van der Waals surface area (Å²) >= 11 is 0. The number of nitrogens with zero attached hydrogens (tertiary/aromatic N) is 5. The molecular formula is C59H51F2IrN5OSi-2. The zero-order valence-corrected chi connectivity index (χ0v) is 43.0. The van der Waals surface area contributed by atoms with Crippen LogP contribution in [0.25, 0.3) is 94.4 Å². The number of aromatic nitrogens is 5. The van der Waals surface area contributed by atoms with Gasteiger partial charge in [0.1, 0.15) is 5.82 Å². The Morgan fingerprint density at radius 2 is 1.41 bits per heavy atom. The van der Waals surface area contributed by atoms with E-state index in [4.69, 9.17) is 23.5 Å². The first-order chi connectivity index (χ1) is 33.8. The molecule has 0 unspecified atom stereocenters. The number of aryl methyl sites for hydroxylation is 2. The fraction of sp³-hybridized carbons (Fsp3) is 0.186. The largest absolute Gasteiger partial charge is 0.486 e. The second kappa shape index (κ2) is 18.6. The van der Waals surface area contributed by atoms with Gasteiger partial charge >= 0.3 is 0 Å². The molecule has 6 aromatic carbocycles. The van der Waals surface area contributed by atoms with Gasteiger partial charge in [-0.25, -0.2) is 9.37 Å². The topological polar surface area (TPSA) is 69.6 Å². The van der Waals surface area contributed by atoms with E-state index >= 15 is 0 Å². The molecule has 1 radical (unpaired) electrons. The first kappa shape index (κ1) is 43.6. The van der Waals surface area contributed by atoms with Crippen molar-refractivity contribution in [1.82, 2.24) is 24.5 Å². The zero-order chi connectivity index (χ0) is 50.1. The van der Waals surface area contributed by atoms with E-state index in [1.54, 1.807) is 24.4 Å². The van der Waals surface area contributed by atoms with Gasteiger partial charge in [-0.1, -0.05) is 119 Å². The Labute approximate surface area is 420 Å². The molecule has 0 saturated carbocycles. The van der Waals surface area contributed by atoms with E-state index in [1.165, 1.54) is 39.6 Å². The number of halogens is 2. The Morgan fingerprint density at radius 1 is 0.667 bits per heavy atom. The normalized spacial score (nSPS) is 12.7. The SMILES string of the molecule is Cc1ccc2c(ccc3nc(-c4[c-]ccc5c4oc4nc6cccc(F)c6cc45)n(-c4c(C(C)C)cc(-c5ccccc5)cc4C(C)C)c32)n1.[2H]C([2H])([2H])c1c[c-]c(-c2ccc([Si](C)(C)C)cn2)c(F)c1.[Ir]. The fourth-order valence-electron chi connectivity index (χ4n) is 9.00. The minimum absolute atomic E-state index is 0. The molecule has 69 heavy (non-hydrogen) atoms. The Morgan fingerprint density at radius 3 is 2.09 bits per heavy atom. The van der Waals surface area contributed by atoms with Crippen LogP contribution in [-0.2, 0) is 20.1 Å². The smallest absolute Gasteiger partial charge is 0.216 e. The molecular weight excluding hydrogens is 1050 g/mol. The Hall–Kier alpha value is -6.71. The molecule has 0 aliphatic rings. The molecule has 10 heteroatoms. The van der Waals surface area contributed by atoms with Crippen molar-refractivity contribution in [3.05, 3.63) is 180 Å². The van der Waals surface area contributed by atoms with Crippen LogP contribution < -0.4 is 5.19 Å². The van der Waals surface area contributed by atoms with Gasteiger partial charge in [0, 0.05) is 63.8 Å². The molecule has 347 valence electrons. The first-order valence-corrected chi connectivity index (χ1v) is 26.4. The van der Waals surface area contributed by atoms with Crippen molar-refractivity contribution in [2.45, 2.75) is 72.9 Å². The van der Waals surface area contributed by atoms with Crippen LogP contribution in [0.3, 0.4) is 0 Å². The molecule has 6 nitrogen and oxygen atoms in total. The summed E-state index contributed by atoms with van der Waals surface area (Å²) in [4.78, 5) is 19.3. The number of pyridine rings is 3. The standard InChI is InChI=1S/C44H34FN4O.C15H17FNSi.Ir/c1-24(2)32-21-28(27-11-7-6-8-12-27)22-33(25(3)4)40(32)49-41-30-18-17-26(5)46-38(30)19-20-39(41)47-43(49)31-14-9-13-29-34-23-35-36(45)15-10-16-37(35)48-44(34)50-42(29)31;1-11-5-7-13(14(16)9-11)15-8-6-12(10-17-15)18(2,3)4;/h6-13,15-25H,1-5H3;5-6,8-10H,1-4H3;/q2*-1;/i;1D3;.